The number of carboxylic acid groups (broad SMARTS) is 1. The van der Waals surface area contributed by atoms with Gasteiger partial charge in [-0.15, -0.1) is 0 Å². The fraction of sp³-hybridized carbons (Fsp3) is 0.375. The van der Waals surface area contributed by atoms with E-state index in [1.54, 1.807) is 6.08 Å². The molecule has 1 rings (SSSR count). The monoisotopic (exact) mass is 181 g/mol. The van der Waals surface area contributed by atoms with E-state index in [0.29, 0.717) is 11.4 Å². The van der Waals surface area contributed by atoms with E-state index in [2.05, 4.69) is 9.98 Å². The number of rotatable bonds is 3. The number of nitrogens with two attached hydrogens (primary N) is 1. The molecule has 5 heteroatoms. The average molecular weight is 181 g/mol. The normalized spacial score (nSPS) is 20.5. The van der Waals surface area contributed by atoms with Crippen LogP contribution < -0.4 is 5.73 Å². The van der Waals surface area contributed by atoms with E-state index in [1.165, 1.54) is 6.34 Å². The Morgan fingerprint density at radius 2 is 2.54 bits per heavy atom. The van der Waals surface area contributed by atoms with Gasteiger partial charge in [-0.25, -0.2) is 9.98 Å². The summed E-state index contributed by atoms with van der Waals surface area (Å²) in [6, 6.07) is -0.907. The first kappa shape index (κ1) is 9.60. The molecular weight excluding hydrogens is 170 g/mol. The molecule has 0 radical (unpaired) electrons. The zero-order valence-corrected chi connectivity index (χ0v) is 7.27. The molecule has 0 aliphatic carbocycles. The van der Waals surface area contributed by atoms with Crippen molar-refractivity contribution in [1.29, 1.82) is 0 Å². The lowest BCUT2D eigenvalue weighted by molar-refractivity contribution is -0.138. The van der Waals surface area contributed by atoms with Crippen LogP contribution in [0.5, 0.6) is 0 Å². The van der Waals surface area contributed by atoms with Gasteiger partial charge in [-0.1, -0.05) is 6.08 Å². The van der Waals surface area contributed by atoms with Gasteiger partial charge >= 0.3 is 5.97 Å². The number of carboxylic acids is 1. The molecule has 1 heterocycles. The summed E-state index contributed by atoms with van der Waals surface area (Å²) in [6.07, 6.45) is 3.39. The molecule has 1 aliphatic rings. The van der Waals surface area contributed by atoms with Crippen LogP contribution in [0.3, 0.4) is 0 Å². The summed E-state index contributed by atoms with van der Waals surface area (Å²) < 4.78 is 0. The zero-order valence-electron chi connectivity index (χ0n) is 7.27. The Kier molecular flexibility index (Phi) is 2.92. The topological polar surface area (TPSA) is 88.0 Å². The third-order valence-electron chi connectivity index (χ3n) is 1.71. The van der Waals surface area contributed by atoms with E-state index < -0.39 is 12.0 Å². The van der Waals surface area contributed by atoms with Gasteiger partial charge < -0.3 is 10.8 Å². The maximum atomic E-state index is 10.4. The predicted molar refractivity (Wildman–Crippen MR) is 49.9 cm³/mol. The molecule has 70 valence electrons. The van der Waals surface area contributed by atoms with Crippen LogP contribution in [0, 0.1) is 0 Å². The van der Waals surface area contributed by atoms with Gasteiger partial charge in [-0.05, 0) is 6.92 Å². The molecule has 0 bridgehead atoms. The van der Waals surface area contributed by atoms with Crippen molar-refractivity contribution in [3.63, 3.8) is 0 Å². The van der Waals surface area contributed by atoms with Crippen molar-refractivity contribution in [3.05, 3.63) is 11.8 Å². The second-order valence-corrected chi connectivity index (χ2v) is 2.64. The Bertz CT molecular complexity index is 305. The minimum atomic E-state index is -1.02. The molecule has 0 amide bonds. The smallest absolute Gasteiger partial charge is 0.320 e. The van der Waals surface area contributed by atoms with E-state index in [1.807, 2.05) is 6.92 Å². The molecule has 0 aromatic heterocycles. The highest BCUT2D eigenvalue weighted by Gasteiger charge is 2.18. The molecule has 0 saturated heterocycles. The quantitative estimate of drug-likeness (QED) is 0.650. The second-order valence-electron chi connectivity index (χ2n) is 2.64. The Morgan fingerprint density at radius 3 is 3.08 bits per heavy atom. The summed E-state index contributed by atoms with van der Waals surface area (Å²) in [5, 5.41) is 8.56. The SMILES string of the molecule is C/C=C1/N=CN=C1CC(N)C(=O)O. The van der Waals surface area contributed by atoms with Gasteiger partial charge in [0.2, 0.25) is 0 Å². The highest BCUT2D eigenvalue weighted by atomic mass is 16.4. The van der Waals surface area contributed by atoms with E-state index in [9.17, 15) is 4.79 Å². The van der Waals surface area contributed by atoms with Crippen molar-refractivity contribution < 1.29 is 9.90 Å². The van der Waals surface area contributed by atoms with Crippen LogP contribution in [-0.2, 0) is 4.79 Å². The lowest BCUT2D eigenvalue weighted by Gasteiger charge is -2.05. The van der Waals surface area contributed by atoms with Crippen molar-refractivity contribution in [2.75, 3.05) is 0 Å². The van der Waals surface area contributed by atoms with Gasteiger partial charge in [0.25, 0.3) is 0 Å². The summed E-state index contributed by atoms with van der Waals surface area (Å²) in [4.78, 5) is 18.3. The van der Waals surface area contributed by atoms with Crippen LogP contribution in [0.15, 0.2) is 21.8 Å². The number of carbonyl (C=O) groups is 1. The molecule has 0 spiro atoms. The van der Waals surface area contributed by atoms with Crippen LogP contribution >= 0.6 is 0 Å². The number of aliphatic imine (C=N–C) groups is 2. The largest absolute Gasteiger partial charge is 0.480 e. The van der Waals surface area contributed by atoms with Crippen LogP contribution in [0.2, 0.25) is 0 Å². The van der Waals surface area contributed by atoms with Crippen molar-refractivity contribution in [3.8, 4) is 0 Å². The maximum Gasteiger partial charge on any atom is 0.320 e. The minimum Gasteiger partial charge on any atom is -0.480 e. The summed E-state index contributed by atoms with van der Waals surface area (Å²) in [5.41, 5.74) is 6.69. The van der Waals surface area contributed by atoms with Crippen molar-refractivity contribution in [2.45, 2.75) is 19.4 Å². The van der Waals surface area contributed by atoms with Crippen LogP contribution in [0.25, 0.3) is 0 Å². The third-order valence-corrected chi connectivity index (χ3v) is 1.71. The lowest BCUT2D eigenvalue weighted by Crippen LogP contribution is -2.32. The maximum absolute atomic E-state index is 10.4. The number of allylic oxidation sites excluding steroid dienone is 2. The highest BCUT2D eigenvalue weighted by Crippen LogP contribution is 2.10. The zero-order chi connectivity index (χ0) is 9.84. The number of hydrogen-bond acceptors (Lipinski definition) is 4. The van der Waals surface area contributed by atoms with Crippen molar-refractivity contribution >= 4 is 18.0 Å². The van der Waals surface area contributed by atoms with Gasteiger partial charge in [0.1, 0.15) is 12.4 Å². The van der Waals surface area contributed by atoms with E-state index >= 15 is 0 Å². The molecule has 1 unspecified atom stereocenters. The molecule has 1 aliphatic heterocycles. The minimum absolute atomic E-state index is 0.217. The van der Waals surface area contributed by atoms with Gasteiger partial charge in [-0.3, -0.25) is 4.79 Å². The van der Waals surface area contributed by atoms with Crippen molar-refractivity contribution in [1.82, 2.24) is 0 Å². The number of hydrogen-bond donors (Lipinski definition) is 2. The predicted octanol–water partition coefficient (Wildman–Crippen LogP) is 0.175. The fourth-order valence-electron chi connectivity index (χ4n) is 0.995. The molecule has 0 aromatic rings. The molecule has 13 heavy (non-hydrogen) atoms. The van der Waals surface area contributed by atoms with E-state index in [-0.39, 0.29) is 6.42 Å². The Morgan fingerprint density at radius 1 is 1.85 bits per heavy atom. The number of aliphatic carboxylic acids is 1. The molecule has 0 aromatic carbocycles. The number of nitrogens with zero attached hydrogens (tertiary/aromatic N) is 2. The van der Waals surface area contributed by atoms with E-state index in [4.69, 9.17) is 10.8 Å². The van der Waals surface area contributed by atoms with Crippen LogP contribution in [0.1, 0.15) is 13.3 Å². The molecule has 3 N–H and O–H groups in total. The summed E-state index contributed by atoms with van der Waals surface area (Å²) in [6.45, 7) is 1.82. The summed E-state index contributed by atoms with van der Waals surface area (Å²) in [5.74, 6) is -1.02. The Labute approximate surface area is 75.7 Å². The first-order valence-corrected chi connectivity index (χ1v) is 3.89. The molecule has 1 atom stereocenters. The molecule has 0 saturated carbocycles. The fourth-order valence-corrected chi connectivity index (χ4v) is 0.995. The van der Waals surface area contributed by atoms with Gasteiger partial charge in [0, 0.05) is 6.42 Å². The van der Waals surface area contributed by atoms with Crippen LogP contribution in [0.4, 0.5) is 0 Å². The molecule has 0 fully saturated rings. The lowest BCUT2D eigenvalue weighted by atomic mass is 10.1. The van der Waals surface area contributed by atoms with Gasteiger partial charge in [0.15, 0.2) is 0 Å². The van der Waals surface area contributed by atoms with E-state index in [0.717, 1.165) is 0 Å². The molecular formula is C8H11N3O2. The highest BCUT2D eigenvalue weighted by molar-refractivity contribution is 6.09. The third kappa shape index (κ3) is 2.22. The van der Waals surface area contributed by atoms with Crippen LogP contribution in [-0.4, -0.2) is 29.2 Å². The Hall–Kier alpha value is -1.49. The molecule has 5 nitrogen and oxygen atoms in total. The van der Waals surface area contributed by atoms with Gasteiger partial charge in [-0.2, -0.15) is 0 Å². The first-order chi connectivity index (χ1) is 6.15. The Balaban J connectivity index is 2.62. The summed E-state index contributed by atoms with van der Waals surface area (Å²) >= 11 is 0. The standard InChI is InChI=1S/C8H11N3O2/c1-2-6-7(11-4-10-6)3-5(9)8(12)13/h2,4-5H,3,9H2,1H3,(H,12,13)/b6-2+. The first-order valence-electron chi connectivity index (χ1n) is 3.89. The average Bonchev–Trinajstić information content (AvgIpc) is 2.51. The summed E-state index contributed by atoms with van der Waals surface area (Å²) in [7, 11) is 0. The van der Waals surface area contributed by atoms with Crippen molar-refractivity contribution in [2.24, 2.45) is 15.7 Å². The van der Waals surface area contributed by atoms with Gasteiger partial charge in [0.05, 0.1) is 11.4 Å². The second kappa shape index (κ2) is 3.95.